The first kappa shape index (κ1) is 13.5. The van der Waals surface area contributed by atoms with Crippen molar-refractivity contribution in [1.82, 2.24) is 5.32 Å². The smallest absolute Gasteiger partial charge is 0.120 e. The van der Waals surface area contributed by atoms with Crippen molar-refractivity contribution < 1.29 is 9.84 Å². The number of methoxy groups -OCH3 is 1. The molecule has 0 spiro atoms. The topological polar surface area (TPSA) is 41.5 Å². The van der Waals surface area contributed by atoms with Gasteiger partial charge in [-0.2, -0.15) is 0 Å². The van der Waals surface area contributed by atoms with E-state index in [4.69, 9.17) is 9.84 Å². The summed E-state index contributed by atoms with van der Waals surface area (Å²) >= 11 is 3.52. The van der Waals surface area contributed by atoms with Gasteiger partial charge in [-0.1, -0.05) is 22.0 Å². The van der Waals surface area contributed by atoms with E-state index >= 15 is 0 Å². The van der Waals surface area contributed by atoms with Crippen LogP contribution in [0.5, 0.6) is 5.75 Å². The normalized spacial score (nSPS) is 14.6. The first-order valence-electron chi connectivity index (χ1n) is 5.28. The molecule has 0 radical (unpaired) electrons. The van der Waals surface area contributed by atoms with Crippen molar-refractivity contribution in [3.8, 4) is 5.75 Å². The van der Waals surface area contributed by atoms with Crippen molar-refractivity contribution in [3.63, 3.8) is 0 Å². The van der Waals surface area contributed by atoms with Gasteiger partial charge in [0.2, 0.25) is 0 Å². The molecule has 1 aromatic carbocycles. The molecular formula is C12H18BrNO2. The van der Waals surface area contributed by atoms with E-state index in [1.54, 1.807) is 7.11 Å². The van der Waals surface area contributed by atoms with Crippen molar-refractivity contribution in [3.05, 3.63) is 28.2 Å². The van der Waals surface area contributed by atoms with Crippen LogP contribution in [0.1, 0.15) is 25.5 Å². The monoisotopic (exact) mass is 287 g/mol. The number of ether oxygens (including phenoxy) is 1. The van der Waals surface area contributed by atoms with Gasteiger partial charge in [0.05, 0.1) is 13.7 Å². The standard InChI is InChI=1S/C12H18BrNO2/c1-8(7-15)14-9(2)11-5-4-10(16-3)6-12(11)13/h4-6,8-9,14-15H,7H2,1-3H3/t8-,9?/m0/s1. The largest absolute Gasteiger partial charge is 0.497 e. The van der Waals surface area contributed by atoms with Crippen molar-refractivity contribution in [2.45, 2.75) is 25.9 Å². The molecule has 0 amide bonds. The van der Waals surface area contributed by atoms with Gasteiger partial charge < -0.3 is 15.2 Å². The molecule has 0 aliphatic rings. The van der Waals surface area contributed by atoms with E-state index in [1.165, 1.54) is 0 Å². The number of rotatable bonds is 5. The number of nitrogens with one attached hydrogen (secondary N) is 1. The SMILES string of the molecule is COc1ccc(C(C)N[C@@H](C)CO)c(Br)c1. The average Bonchev–Trinajstić information content (AvgIpc) is 2.28. The van der Waals surface area contributed by atoms with Crippen LogP contribution in [0.4, 0.5) is 0 Å². The van der Waals surface area contributed by atoms with Crippen LogP contribution < -0.4 is 10.1 Å². The summed E-state index contributed by atoms with van der Waals surface area (Å²) in [6.45, 7) is 4.16. The molecule has 0 saturated heterocycles. The first-order chi connectivity index (χ1) is 7.58. The zero-order valence-electron chi connectivity index (χ0n) is 9.83. The Balaban J connectivity index is 2.79. The molecular weight excluding hydrogens is 270 g/mol. The third kappa shape index (κ3) is 3.47. The minimum Gasteiger partial charge on any atom is -0.497 e. The summed E-state index contributed by atoms with van der Waals surface area (Å²) < 4.78 is 6.15. The first-order valence-corrected chi connectivity index (χ1v) is 6.08. The molecule has 90 valence electrons. The van der Waals surface area contributed by atoms with Crippen LogP contribution in [0.25, 0.3) is 0 Å². The third-order valence-electron chi connectivity index (χ3n) is 2.48. The molecule has 2 atom stereocenters. The lowest BCUT2D eigenvalue weighted by Crippen LogP contribution is -2.31. The molecule has 0 saturated carbocycles. The Hall–Kier alpha value is -0.580. The summed E-state index contributed by atoms with van der Waals surface area (Å²) in [5.41, 5.74) is 1.15. The lowest BCUT2D eigenvalue weighted by Gasteiger charge is -2.20. The molecule has 0 heterocycles. The van der Waals surface area contributed by atoms with Crippen molar-refractivity contribution in [2.75, 3.05) is 13.7 Å². The Kier molecular flexibility index (Phi) is 5.25. The number of halogens is 1. The highest BCUT2D eigenvalue weighted by molar-refractivity contribution is 9.10. The van der Waals surface area contributed by atoms with Gasteiger partial charge in [-0.05, 0) is 31.5 Å². The molecule has 1 rings (SSSR count). The summed E-state index contributed by atoms with van der Waals surface area (Å²) in [5, 5.41) is 12.3. The Bertz CT molecular complexity index is 344. The summed E-state index contributed by atoms with van der Waals surface area (Å²) in [6, 6.07) is 6.16. The molecule has 0 aliphatic heterocycles. The summed E-state index contributed by atoms with van der Waals surface area (Å²) in [7, 11) is 1.65. The highest BCUT2D eigenvalue weighted by Crippen LogP contribution is 2.27. The second kappa shape index (κ2) is 6.23. The predicted octanol–water partition coefficient (Wildman–Crippen LogP) is 2.49. The van der Waals surface area contributed by atoms with Crippen LogP contribution in [0.15, 0.2) is 22.7 Å². The van der Waals surface area contributed by atoms with E-state index in [1.807, 2.05) is 25.1 Å². The second-order valence-electron chi connectivity index (χ2n) is 3.86. The number of aliphatic hydroxyl groups excluding tert-OH is 1. The zero-order chi connectivity index (χ0) is 12.1. The highest BCUT2D eigenvalue weighted by Gasteiger charge is 2.12. The Morgan fingerprint density at radius 3 is 2.62 bits per heavy atom. The number of hydrogen-bond acceptors (Lipinski definition) is 3. The molecule has 0 aliphatic carbocycles. The summed E-state index contributed by atoms with van der Waals surface area (Å²) in [6.07, 6.45) is 0. The van der Waals surface area contributed by atoms with Gasteiger partial charge in [-0.3, -0.25) is 0 Å². The molecule has 3 nitrogen and oxygen atoms in total. The van der Waals surface area contributed by atoms with E-state index in [9.17, 15) is 0 Å². The fraction of sp³-hybridized carbons (Fsp3) is 0.500. The lowest BCUT2D eigenvalue weighted by molar-refractivity contribution is 0.243. The van der Waals surface area contributed by atoms with Gasteiger partial charge in [-0.25, -0.2) is 0 Å². The van der Waals surface area contributed by atoms with Crippen molar-refractivity contribution >= 4 is 15.9 Å². The Morgan fingerprint density at radius 2 is 2.12 bits per heavy atom. The fourth-order valence-corrected chi connectivity index (χ4v) is 2.26. The van der Waals surface area contributed by atoms with Gasteiger partial charge in [0.25, 0.3) is 0 Å². The van der Waals surface area contributed by atoms with Crippen molar-refractivity contribution in [2.24, 2.45) is 0 Å². The molecule has 0 aromatic heterocycles. The molecule has 4 heteroatoms. The molecule has 2 N–H and O–H groups in total. The maximum absolute atomic E-state index is 8.99. The predicted molar refractivity (Wildman–Crippen MR) is 68.8 cm³/mol. The minimum absolute atomic E-state index is 0.0870. The maximum atomic E-state index is 8.99. The third-order valence-corrected chi connectivity index (χ3v) is 3.17. The van der Waals surface area contributed by atoms with Crippen LogP contribution >= 0.6 is 15.9 Å². The van der Waals surface area contributed by atoms with E-state index in [0.29, 0.717) is 0 Å². The Labute approximate surface area is 105 Å². The van der Waals surface area contributed by atoms with Crippen LogP contribution in [0, 0.1) is 0 Å². The van der Waals surface area contributed by atoms with Gasteiger partial charge in [-0.15, -0.1) is 0 Å². The quantitative estimate of drug-likeness (QED) is 0.874. The number of benzene rings is 1. The number of aliphatic hydroxyl groups is 1. The van der Waals surface area contributed by atoms with Gasteiger partial charge in [0.1, 0.15) is 5.75 Å². The van der Waals surface area contributed by atoms with E-state index in [0.717, 1.165) is 15.8 Å². The Morgan fingerprint density at radius 1 is 1.44 bits per heavy atom. The fourth-order valence-electron chi connectivity index (χ4n) is 1.56. The highest BCUT2D eigenvalue weighted by atomic mass is 79.9. The van der Waals surface area contributed by atoms with E-state index in [2.05, 4.69) is 28.2 Å². The van der Waals surface area contributed by atoms with Crippen LogP contribution in [0.3, 0.4) is 0 Å². The van der Waals surface area contributed by atoms with Crippen LogP contribution in [0.2, 0.25) is 0 Å². The van der Waals surface area contributed by atoms with Crippen LogP contribution in [-0.2, 0) is 0 Å². The average molecular weight is 288 g/mol. The van der Waals surface area contributed by atoms with Gasteiger partial charge >= 0.3 is 0 Å². The molecule has 0 fully saturated rings. The van der Waals surface area contributed by atoms with Gasteiger partial charge in [0, 0.05) is 16.6 Å². The lowest BCUT2D eigenvalue weighted by atomic mass is 10.1. The molecule has 16 heavy (non-hydrogen) atoms. The number of hydrogen-bond donors (Lipinski definition) is 2. The minimum atomic E-state index is 0.0870. The molecule has 1 aromatic rings. The summed E-state index contributed by atoms with van der Waals surface area (Å²) in [5.74, 6) is 0.832. The molecule has 0 bridgehead atoms. The van der Waals surface area contributed by atoms with Crippen LogP contribution in [-0.4, -0.2) is 24.9 Å². The second-order valence-corrected chi connectivity index (χ2v) is 4.71. The van der Waals surface area contributed by atoms with Crippen molar-refractivity contribution in [1.29, 1.82) is 0 Å². The van der Waals surface area contributed by atoms with Gasteiger partial charge in [0.15, 0.2) is 0 Å². The zero-order valence-corrected chi connectivity index (χ0v) is 11.4. The molecule has 1 unspecified atom stereocenters. The van der Waals surface area contributed by atoms with E-state index < -0.39 is 0 Å². The summed E-state index contributed by atoms with van der Waals surface area (Å²) in [4.78, 5) is 0. The maximum Gasteiger partial charge on any atom is 0.120 e. The van der Waals surface area contributed by atoms with E-state index in [-0.39, 0.29) is 18.7 Å².